The summed E-state index contributed by atoms with van der Waals surface area (Å²) in [5, 5.41) is 0. The van der Waals surface area contributed by atoms with Crippen LogP contribution in [-0.4, -0.2) is 25.3 Å². The van der Waals surface area contributed by atoms with E-state index in [0.29, 0.717) is 23.0 Å². The van der Waals surface area contributed by atoms with Crippen molar-refractivity contribution in [2.24, 2.45) is 0 Å². The van der Waals surface area contributed by atoms with Gasteiger partial charge in [0.1, 0.15) is 47.7 Å². The Labute approximate surface area is 224 Å². The normalized spacial score (nSPS) is 9.97. The van der Waals surface area contributed by atoms with E-state index < -0.39 is 12.1 Å². The first kappa shape index (κ1) is 27.9. The van der Waals surface area contributed by atoms with E-state index in [-0.39, 0.29) is 13.2 Å². The van der Waals surface area contributed by atoms with Crippen LogP contribution in [-0.2, 0) is 9.53 Å². The molecule has 0 aliphatic carbocycles. The van der Waals surface area contributed by atoms with E-state index in [9.17, 15) is 4.79 Å². The molecule has 0 amide bonds. The van der Waals surface area contributed by atoms with E-state index >= 15 is 0 Å². The maximum atomic E-state index is 11.8. The maximum Gasteiger partial charge on any atom is 0.330 e. The highest BCUT2D eigenvalue weighted by atomic mass is 16.6. The molecule has 4 rings (SSSR count). The van der Waals surface area contributed by atoms with Crippen LogP contribution in [0.1, 0.15) is 13.8 Å². The monoisotopic (exact) mass is 512 g/mol. The Morgan fingerprint density at radius 2 is 0.947 bits per heavy atom. The predicted octanol–water partition coefficient (Wildman–Crippen LogP) is 7.85. The number of esters is 1. The first-order valence-corrected chi connectivity index (χ1v) is 12.4. The Morgan fingerprint density at radius 3 is 1.32 bits per heavy atom. The number of ether oxygens (including phenoxy) is 5. The van der Waals surface area contributed by atoms with E-state index in [1.165, 1.54) is 0 Å². The Bertz CT molecular complexity index is 1130. The molecule has 0 aliphatic rings. The van der Waals surface area contributed by atoms with E-state index in [0.717, 1.165) is 17.6 Å². The molecular weight excluding hydrogens is 480 g/mol. The van der Waals surface area contributed by atoms with Gasteiger partial charge in [0.25, 0.3) is 0 Å². The van der Waals surface area contributed by atoms with Crippen LogP contribution in [0.3, 0.4) is 0 Å². The summed E-state index contributed by atoms with van der Waals surface area (Å²) in [7, 11) is 0. The predicted molar refractivity (Wildman–Crippen MR) is 148 cm³/mol. The van der Waals surface area contributed by atoms with Crippen molar-refractivity contribution in [2.45, 2.75) is 20.0 Å². The smallest absolute Gasteiger partial charge is 0.330 e. The highest BCUT2D eigenvalue weighted by Gasteiger charge is 2.16. The molecule has 0 heterocycles. The van der Waals surface area contributed by atoms with Gasteiger partial charge in [0.05, 0.1) is 0 Å². The number of hydrogen-bond acceptors (Lipinski definition) is 6. The summed E-state index contributed by atoms with van der Waals surface area (Å²) in [5.74, 6) is 3.54. The van der Waals surface area contributed by atoms with E-state index in [2.05, 4.69) is 6.58 Å². The maximum absolute atomic E-state index is 11.8. The summed E-state index contributed by atoms with van der Waals surface area (Å²) in [6, 6.07) is 33.4. The van der Waals surface area contributed by atoms with Gasteiger partial charge in [-0.05, 0) is 72.8 Å². The summed E-state index contributed by atoms with van der Waals surface area (Å²) in [6.45, 7) is 7.66. The highest BCUT2D eigenvalue weighted by molar-refractivity contribution is 5.81. The topological polar surface area (TPSA) is 63.2 Å². The fraction of sp³-hybridized carbons (Fsp3) is 0.156. The largest absolute Gasteiger partial charge is 0.490 e. The first-order valence-electron chi connectivity index (χ1n) is 12.4. The van der Waals surface area contributed by atoms with Gasteiger partial charge in [-0.2, -0.15) is 0 Å². The van der Waals surface area contributed by atoms with Gasteiger partial charge in [-0.3, -0.25) is 0 Å². The lowest BCUT2D eigenvalue weighted by molar-refractivity contribution is -0.146. The van der Waals surface area contributed by atoms with Crippen molar-refractivity contribution in [2.75, 3.05) is 13.2 Å². The van der Waals surface area contributed by atoms with Gasteiger partial charge in [-0.25, -0.2) is 4.79 Å². The molecule has 0 N–H and O–H groups in total. The fourth-order valence-electron chi connectivity index (χ4n) is 3.16. The Morgan fingerprint density at radius 1 is 0.605 bits per heavy atom. The molecule has 6 nitrogen and oxygen atoms in total. The van der Waals surface area contributed by atoms with Crippen molar-refractivity contribution >= 4 is 5.97 Å². The van der Waals surface area contributed by atoms with Crippen LogP contribution >= 0.6 is 0 Å². The lowest BCUT2D eigenvalue weighted by Gasteiger charge is -2.19. The summed E-state index contributed by atoms with van der Waals surface area (Å²) in [5.41, 5.74) is 0. The molecule has 0 atom stereocenters. The van der Waals surface area contributed by atoms with Crippen LogP contribution in [0.5, 0.6) is 34.5 Å². The third-order valence-electron chi connectivity index (χ3n) is 4.93. The molecular formula is C32H32O6. The second-order valence-corrected chi connectivity index (χ2v) is 7.66. The van der Waals surface area contributed by atoms with Crippen LogP contribution in [0.25, 0.3) is 0 Å². The van der Waals surface area contributed by atoms with Crippen molar-refractivity contribution in [3.05, 3.63) is 122 Å². The molecule has 0 fully saturated rings. The molecule has 0 radical (unpaired) electrons. The van der Waals surface area contributed by atoms with Crippen molar-refractivity contribution < 1.29 is 28.5 Å². The molecule has 0 aliphatic heterocycles. The van der Waals surface area contributed by atoms with Gasteiger partial charge < -0.3 is 23.7 Å². The molecule has 0 bridgehead atoms. The van der Waals surface area contributed by atoms with Gasteiger partial charge in [-0.15, -0.1) is 0 Å². The molecule has 4 aromatic carbocycles. The Balaban J connectivity index is 0.00000195. The third-order valence-corrected chi connectivity index (χ3v) is 4.93. The molecule has 0 saturated carbocycles. The average Bonchev–Trinajstić information content (AvgIpc) is 2.98. The number of benzene rings is 4. The molecule has 0 unspecified atom stereocenters. The fourth-order valence-corrected chi connectivity index (χ4v) is 3.16. The molecule has 196 valence electrons. The molecule has 0 aromatic heterocycles. The molecule has 0 saturated heterocycles. The van der Waals surface area contributed by atoms with Crippen LogP contribution in [0.4, 0.5) is 0 Å². The number of para-hydroxylation sites is 2. The summed E-state index contributed by atoms with van der Waals surface area (Å²) < 4.78 is 28.6. The lowest BCUT2D eigenvalue weighted by Crippen LogP contribution is -2.30. The average molecular weight is 513 g/mol. The van der Waals surface area contributed by atoms with Gasteiger partial charge >= 0.3 is 5.97 Å². The first-order chi connectivity index (χ1) is 18.7. The van der Waals surface area contributed by atoms with Crippen LogP contribution in [0.2, 0.25) is 0 Å². The van der Waals surface area contributed by atoms with E-state index in [1.807, 2.05) is 98.8 Å². The second kappa shape index (κ2) is 15.4. The molecule has 38 heavy (non-hydrogen) atoms. The molecule has 0 spiro atoms. The minimum absolute atomic E-state index is 0.105. The zero-order chi connectivity index (χ0) is 27.0. The van der Waals surface area contributed by atoms with Crippen LogP contribution < -0.4 is 18.9 Å². The minimum Gasteiger partial charge on any atom is -0.490 e. The molecule has 4 aromatic rings. The third kappa shape index (κ3) is 9.39. The molecule has 6 heteroatoms. The number of carbonyl (C=O) groups excluding carboxylic acids is 1. The van der Waals surface area contributed by atoms with Crippen LogP contribution in [0.15, 0.2) is 122 Å². The van der Waals surface area contributed by atoms with E-state index in [1.54, 1.807) is 24.3 Å². The number of hydrogen-bond donors (Lipinski definition) is 0. The van der Waals surface area contributed by atoms with Crippen molar-refractivity contribution in [1.29, 1.82) is 0 Å². The lowest BCUT2D eigenvalue weighted by atomic mass is 10.3. The zero-order valence-electron chi connectivity index (χ0n) is 21.6. The van der Waals surface area contributed by atoms with Crippen LogP contribution in [0, 0.1) is 0 Å². The van der Waals surface area contributed by atoms with Gasteiger partial charge in [0.2, 0.25) is 0 Å². The van der Waals surface area contributed by atoms with Gasteiger partial charge in [0, 0.05) is 6.08 Å². The standard InChI is InChI=1S/C30H26O6.C2H6/c1-2-30(31)36-29(21-32-23-13-17-27(18-14-23)34-25-9-5-3-6-10-25)22-33-24-15-19-28(20-16-24)35-26-11-7-4-8-12-26;1-2/h2-20,29H,1,21-22H2;1-2H3. The SMILES string of the molecule is C=CC(=O)OC(COc1ccc(Oc2ccccc2)cc1)COc1ccc(Oc2ccccc2)cc1.CC. The van der Waals surface area contributed by atoms with Crippen molar-refractivity contribution in [3.8, 4) is 34.5 Å². The Hall–Kier alpha value is -4.71. The van der Waals surface area contributed by atoms with Gasteiger partial charge in [-0.1, -0.05) is 56.8 Å². The number of rotatable bonds is 12. The zero-order valence-corrected chi connectivity index (χ0v) is 21.6. The minimum atomic E-state index is -0.643. The second-order valence-electron chi connectivity index (χ2n) is 7.66. The van der Waals surface area contributed by atoms with Crippen molar-refractivity contribution in [3.63, 3.8) is 0 Å². The Kier molecular flexibility index (Phi) is 11.3. The number of carbonyl (C=O) groups is 1. The quantitative estimate of drug-likeness (QED) is 0.142. The van der Waals surface area contributed by atoms with Gasteiger partial charge in [0.15, 0.2) is 6.10 Å². The van der Waals surface area contributed by atoms with Crippen molar-refractivity contribution in [1.82, 2.24) is 0 Å². The summed E-state index contributed by atoms with van der Waals surface area (Å²) >= 11 is 0. The summed E-state index contributed by atoms with van der Waals surface area (Å²) in [6.07, 6.45) is 0.467. The highest BCUT2D eigenvalue weighted by Crippen LogP contribution is 2.25. The summed E-state index contributed by atoms with van der Waals surface area (Å²) in [4.78, 5) is 11.8. The van der Waals surface area contributed by atoms with E-state index in [4.69, 9.17) is 23.7 Å².